The lowest BCUT2D eigenvalue weighted by molar-refractivity contribution is 0.821. The molecule has 2 rings (SSSR count). The van der Waals surface area contributed by atoms with E-state index in [1.54, 1.807) is 0 Å². The van der Waals surface area contributed by atoms with Crippen LogP contribution in [0.5, 0.6) is 0 Å². The largest absolute Gasteiger partial charge is 0.399 e. The summed E-state index contributed by atoms with van der Waals surface area (Å²) in [7, 11) is 0. The van der Waals surface area contributed by atoms with Crippen LogP contribution in [0.3, 0.4) is 0 Å². The van der Waals surface area contributed by atoms with Crippen LogP contribution in [0, 0.1) is 20.8 Å². The van der Waals surface area contributed by atoms with Gasteiger partial charge in [0.25, 0.3) is 0 Å². The fourth-order valence-electron chi connectivity index (χ4n) is 2.72. The molecule has 0 radical (unpaired) electrons. The quantitative estimate of drug-likeness (QED) is 0.841. The van der Waals surface area contributed by atoms with Gasteiger partial charge < -0.3 is 10.6 Å². The molecule has 0 aromatic heterocycles. The van der Waals surface area contributed by atoms with Crippen molar-refractivity contribution in [3.8, 4) is 0 Å². The first-order valence-corrected chi connectivity index (χ1v) is 7.18. The zero-order valence-corrected chi connectivity index (χ0v) is 12.9. The van der Waals surface area contributed by atoms with Crippen molar-refractivity contribution in [3.63, 3.8) is 0 Å². The van der Waals surface area contributed by atoms with Crippen molar-refractivity contribution in [1.82, 2.24) is 0 Å². The summed E-state index contributed by atoms with van der Waals surface area (Å²) in [4.78, 5) is 2.38. The van der Waals surface area contributed by atoms with E-state index in [2.05, 4.69) is 56.9 Å². The summed E-state index contributed by atoms with van der Waals surface area (Å²) in [6, 6.07) is 12.6. The number of anilines is 2. The van der Waals surface area contributed by atoms with Crippen LogP contribution in [-0.2, 0) is 6.54 Å². The molecule has 0 aliphatic rings. The Morgan fingerprint density at radius 2 is 1.50 bits per heavy atom. The van der Waals surface area contributed by atoms with Crippen molar-refractivity contribution in [2.75, 3.05) is 17.2 Å². The Hall–Kier alpha value is -1.96. The molecule has 0 unspecified atom stereocenters. The summed E-state index contributed by atoms with van der Waals surface area (Å²) >= 11 is 0. The predicted octanol–water partition coefficient (Wildman–Crippen LogP) is 4.22. The van der Waals surface area contributed by atoms with Gasteiger partial charge in [-0.3, -0.25) is 0 Å². The van der Waals surface area contributed by atoms with Gasteiger partial charge in [-0.15, -0.1) is 0 Å². The highest BCUT2D eigenvalue weighted by Gasteiger charge is 2.10. The summed E-state index contributed by atoms with van der Waals surface area (Å²) in [5, 5.41) is 0. The maximum absolute atomic E-state index is 5.77. The third-order valence-corrected chi connectivity index (χ3v) is 3.83. The van der Waals surface area contributed by atoms with Gasteiger partial charge in [0, 0.05) is 24.5 Å². The molecule has 0 saturated heterocycles. The van der Waals surface area contributed by atoms with E-state index in [0.717, 1.165) is 18.8 Å². The molecule has 0 atom stereocenters. The second-order valence-corrected chi connectivity index (χ2v) is 5.48. The van der Waals surface area contributed by atoms with E-state index in [9.17, 15) is 0 Å². The van der Waals surface area contributed by atoms with Gasteiger partial charge in [0.15, 0.2) is 0 Å². The van der Waals surface area contributed by atoms with E-state index in [4.69, 9.17) is 5.73 Å². The van der Waals surface area contributed by atoms with Crippen molar-refractivity contribution in [2.24, 2.45) is 0 Å². The second kappa shape index (κ2) is 6.00. The van der Waals surface area contributed by atoms with Gasteiger partial charge in [0.05, 0.1) is 0 Å². The van der Waals surface area contributed by atoms with Crippen LogP contribution >= 0.6 is 0 Å². The average Bonchev–Trinajstić information content (AvgIpc) is 2.39. The Kier molecular flexibility index (Phi) is 4.33. The number of aryl methyl sites for hydroxylation is 3. The van der Waals surface area contributed by atoms with Gasteiger partial charge in [-0.05, 0) is 68.7 Å². The molecule has 2 aromatic carbocycles. The first-order valence-electron chi connectivity index (χ1n) is 7.18. The molecule has 0 fully saturated rings. The number of nitrogens with zero attached hydrogens (tertiary/aromatic N) is 1. The highest BCUT2D eigenvalue weighted by atomic mass is 15.1. The Morgan fingerprint density at radius 3 is 2.00 bits per heavy atom. The average molecular weight is 268 g/mol. The van der Waals surface area contributed by atoms with E-state index in [1.807, 2.05) is 12.1 Å². The molecular formula is C18H24N2. The molecule has 0 heterocycles. The molecule has 0 aliphatic carbocycles. The molecule has 106 valence electrons. The minimum absolute atomic E-state index is 0.813. The first kappa shape index (κ1) is 14.4. The van der Waals surface area contributed by atoms with Crippen molar-refractivity contribution in [3.05, 3.63) is 58.7 Å². The molecule has 0 bridgehead atoms. The third kappa shape index (κ3) is 3.13. The van der Waals surface area contributed by atoms with E-state index < -0.39 is 0 Å². The SMILES string of the molecule is CCN(Cc1c(C)cc(C)cc1C)c1ccc(N)cc1. The Balaban J connectivity index is 2.29. The molecule has 20 heavy (non-hydrogen) atoms. The zero-order valence-electron chi connectivity index (χ0n) is 12.9. The van der Waals surface area contributed by atoms with Gasteiger partial charge in [-0.2, -0.15) is 0 Å². The van der Waals surface area contributed by atoms with Crippen molar-refractivity contribution < 1.29 is 0 Å². The predicted molar refractivity (Wildman–Crippen MR) is 88.2 cm³/mol. The Bertz CT molecular complexity index is 562. The topological polar surface area (TPSA) is 29.3 Å². The smallest absolute Gasteiger partial charge is 0.0434 e. The molecule has 2 heteroatoms. The number of rotatable bonds is 4. The van der Waals surface area contributed by atoms with Crippen LogP contribution in [0.15, 0.2) is 36.4 Å². The lowest BCUT2D eigenvalue weighted by atomic mass is 9.99. The maximum Gasteiger partial charge on any atom is 0.0434 e. The summed E-state index contributed by atoms with van der Waals surface area (Å²) < 4.78 is 0. The van der Waals surface area contributed by atoms with Gasteiger partial charge in [-0.25, -0.2) is 0 Å². The second-order valence-electron chi connectivity index (χ2n) is 5.48. The summed E-state index contributed by atoms with van der Waals surface area (Å²) in [6.45, 7) is 10.7. The molecule has 0 aliphatic heterocycles. The minimum atomic E-state index is 0.813. The number of hydrogen-bond acceptors (Lipinski definition) is 2. The monoisotopic (exact) mass is 268 g/mol. The fraction of sp³-hybridized carbons (Fsp3) is 0.333. The molecule has 0 spiro atoms. The molecule has 0 saturated carbocycles. The lowest BCUT2D eigenvalue weighted by Crippen LogP contribution is -2.23. The van der Waals surface area contributed by atoms with Crippen LogP contribution < -0.4 is 10.6 Å². The number of nitrogen functional groups attached to an aromatic ring is 1. The van der Waals surface area contributed by atoms with Gasteiger partial charge in [0.2, 0.25) is 0 Å². The molecule has 2 aromatic rings. The van der Waals surface area contributed by atoms with Crippen LogP contribution in [0.4, 0.5) is 11.4 Å². The van der Waals surface area contributed by atoms with Crippen LogP contribution in [0.2, 0.25) is 0 Å². The standard InChI is InChI=1S/C18H24N2/c1-5-20(17-8-6-16(19)7-9-17)12-18-14(3)10-13(2)11-15(18)4/h6-11H,5,12,19H2,1-4H3. The number of benzene rings is 2. The Labute approximate surface area is 122 Å². The van der Waals surface area contributed by atoms with Gasteiger partial charge >= 0.3 is 0 Å². The van der Waals surface area contributed by atoms with Gasteiger partial charge in [0.1, 0.15) is 0 Å². The van der Waals surface area contributed by atoms with Crippen molar-refractivity contribution in [1.29, 1.82) is 0 Å². The number of nitrogens with two attached hydrogens (primary N) is 1. The Morgan fingerprint density at radius 1 is 0.950 bits per heavy atom. The van der Waals surface area contributed by atoms with Crippen LogP contribution in [0.25, 0.3) is 0 Å². The van der Waals surface area contributed by atoms with E-state index in [-0.39, 0.29) is 0 Å². The fourth-order valence-corrected chi connectivity index (χ4v) is 2.72. The van der Waals surface area contributed by atoms with E-state index in [1.165, 1.54) is 27.9 Å². The van der Waals surface area contributed by atoms with E-state index in [0.29, 0.717) is 0 Å². The maximum atomic E-state index is 5.77. The molecule has 2 N–H and O–H groups in total. The first-order chi connectivity index (χ1) is 9.51. The van der Waals surface area contributed by atoms with Gasteiger partial charge in [-0.1, -0.05) is 17.7 Å². The van der Waals surface area contributed by atoms with Crippen molar-refractivity contribution >= 4 is 11.4 Å². The normalized spacial score (nSPS) is 10.6. The number of hydrogen-bond donors (Lipinski definition) is 1. The minimum Gasteiger partial charge on any atom is -0.399 e. The summed E-state index contributed by atoms with van der Waals surface area (Å²) in [5.74, 6) is 0. The highest BCUT2D eigenvalue weighted by molar-refractivity contribution is 5.54. The molecule has 2 nitrogen and oxygen atoms in total. The van der Waals surface area contributed by atoms with E-state index >= 15 is 0 Å². The summed E-state index contributed by atoms with van der Waals surface area (Å²) in [6.07, 6.45) is 0. The van der Waals surface area contributed by atoms with Crippen LogP contribution in [-0.4, -0.2) is 6.54 Å². The third-order valence-electron chi connectivity index (χ3n) is 3.83. The van der Waals surface area contributed by atoms with Crippen molar-refractivity contribution in [2.45, 2.75) is 34.2 Å². The summed E-state index contributed by atoms with van der Waals surface area (Å²) in [5.41, 5.74) is 13.3. The molecular weight excluding hydrogens is 244 g/mol. The zero-order chi connectivity index (χ0) is 14.7. The van der Waals surface area contributed by atoms with Crippen LogP contribution in [0.1, 0.15) is 29.2 Å². The molecule has 0 amide bonds. The highest BCUT2D eigenvalue weighted by Crippen LogP contribution is 2.23. The lowest BCUT2D eigenvalue weighted by Gasteiger charge is -2.25.